The molecule has 1 aromatic carbocycles. The van der Waals surface area contributed by atoms with Crippen molar-refractivity contribution in [2.75, 3.05) is 7.11 Å². The molecule has 0 aliphatic heterocycles. The topological polar surface area (TPSA) is 42.4 Å². The van der Waals surface area contributed by atoms with Gasteiger partial charge >= 0.3 is 0 Å². The zero-order valence-corrected chi connectivity index (χ0v) is 10.9. The Hall–Kier alpha value is -1.39. The first-order valence-corrected chi connectivity index (χ1v) is 6.19. The first-order valence-electron chi connectivity index (χ1n) is 5.37. The summed E-state index contributed by atoms with van der Waals surface area (Å²) >= 11 is 1.53. The number of ether oxygens (including phenoxy) is 1. The molecule has 0 fully saturated rings. The molecule has 90 valence electrons. The van der Waals surface area contributed by atoms with E-state index in [-0.39, 0.29) is 0 Å². The summed E-state index contributed by atoms with van der Waals surface area (Å²) in [7, 11) is 1.63. The van der Waals surface area contributed by atoms with Crippen LogP contribution in [0.5, 0.6) is 5.75 Å². The van der Waals surface area contributed by atoms with Gasteiger partial charge in [0.25, 0.3) is 0 Å². The van der Waals surface area contributed by atoms with Crippen LogP contribution in [0.3, 0.4) is 0 Å². The molecule has 0 spiro atoms. The van der Waals surface area contributed by atoms with Crippen LogP contribution in [0.1, 0.15) is 27.2 Å². The zero-order valence-electron chi connectivity index (χ0n) is 10.1. The third-order valence-electron chi connectivity index (χ3n) is 2.62. The van der Waals surface area contributed by atoms with Crippen LogP contribution in [0.4, 0.5) is 0 Å². The molecule has 2 aromatic rings. The van der Waals surface area contributed by atoms with Crippen molar-refractivity contribution in [3.63, 3.8) is 0 Å². The van der Waals surface area contributed by atoms with Crippen molar-refractivity contribution in [1.82, 2.24) is 4.98 Å². The van der Waals surface area contributed by atoms with Gasteiger partial charge < -0.3 is 9.84 Å². The Morgan fingerprint density at radius 1 is 1.24 bits per heavy atom. The number of aryl methyl sites for hydroxylation is 2. The van der Waals surface area contributed by atoms with Gasteiger partial charge in [-0.1, -0.05) is 12.1 Å². The van der Waals surface area contributed by atoms with Crippen LogP contribution in [0.2, 0.25) is 0 Å². The van der Waals surface area contributed by atoms with Gasteiger partial charge in [-0.3, -0.25) is 0 Å². The highest BCUT2D eigenvalue weighted by molar-refractivity contribution is 7.11. The van der Waals surface area contributed by atoms with Crippen molar-refractivity contribution >= 4 is 11.3 Å². The molecule has 0 saturated carbocycles. The molecule has 1 aromatic heterocycles. The average Bonchev–Trinajstić information content (AvgIpc) is 2.68. The fourth-order valence-corrected chi connectivity index (χ4v) is 2.68. The number of methoxy groups -OCH3 is 1. The largest absolute Gasteiger partial charge is 0.497 e. The second-order valence-electron chi connectivity index (χ2n) is 3.86. The van der Waals surface area contributed by atoms with Crippen LogP contribution in [-0.2, 0) is 0 Å². The van der Waals surface area contributed by atoms with Crippen molar-refractivity contribution in [2.45, 2.75) is 20.0 Å². The number of nitrogens with zero attached hydrogens (tertiary/aromatic N) is 1. The molecule has 17 heavy (non-hydrogen) atoms. The van der Waals surface area contributed by atoms with Crippen molar-refractivity contribution in [3.05, 3.63) is 45.4 Å². The van der Waals surface area contributed by atoms with Gasteiger partial charge in [0.2, 0.25) is 0 Å². The van der Waals surface area contributed by atoms with Crippen molar-refractivity contribution in [2.24, 2.45) is 0 Å². The monoisotopic (exact) mass is 249 g/mol. The van der Waals surface area contributed by atoms with Gasteiger partial charge in [-0.15, -0.1) is 11.3 Å². The van der Waals surface area contributed by atoms with E-state index in [1.165, 1.54) is 11.3 Å². The highest BCUT2D eigenvalue weighted by Gasteiger charge is 2.16. The number of benzene rings is 1. The summed E-state index contributed by atoms with van der Waals surface area (Å²) in [4.78, 5) is 5.24. The van der Waals surface area contributed by atoms with Crippen molar-refractivity contribution in [3.8, 4) is 5.75 Å². The number of aliphatic hydroxyl groups excluding tert-OH is 1. The van der Waals surface area contributed by atoms with Crippen LogP contribution in [0.15, 0.2) is 24.3 Å². The SMILES string of the molecule is COc1ccc(C(O)c2sc(C)nc2C)cc1. The lowest BCUT2D eigenvalue weighted by molar-refractivity contribution is 0.223. The average molecular weight is 249 g/mol. The normalized spacial score (nSPS) is 12.5. The molecule has 1 heterocycles. The lowest BCUT2D eigenvalue weighted by atomic mass is 10.1. The molecule has 3 nitrogen and oxygen atoms in total. The molecule has 1 N–H and O–H groups in total. The molecule has 0 saturated heterocycles. The third-order valence-corrected chi connectivity index (χ3v) is 3.74. The molecule has 0 aliphatic rings. The molecule has 0 amide bonds. The fourth-order valence-electron chi connectivity index (χ4n) is 1.74. The minimum absolute atomic E-state index is 0.605. The van der Waals surface area contributed by atoms with E-state index in [1.54, 1.807) is 7.11 Å². The van der Waals surface area contributed by atoms with Gasteiger partial charge in [0.1, 0.15) is 11.9 Å². The number of hydrogen-bond acceptors (Lipinski definition) is 4. The number of hydrogen-bond donors (Lipinski definition) is 1. The summed E-state index contributed by atoms with van der Waals surface area (Å²) in [5, 5.41) is 11.3. The minimum atomic E-state index is -0.605. The number of thiazole rings is 1. The van der Waals surface area contributed by atoms with Crippen LogP contribution in [0.25, 0.3) is 0 Å². The van der Waals surface area contributed by atoms with Gasteiger partial charge in [-0.25, -0.2) is 4.98 Å². The molecule has 1 unspecified atom stereocenters. The molecule has 0 radical (unpaired) electrons. The van der Waals surface area contributed by atoms with E-state index < -0.39 is 6.10 Å². The zero-order chi connectivity index (χ0) is 12.4. The lowest BCUT2D eigenvalue weighted by Crippen LogP contribution is -1.99. The predicted molar refractivity (Wildman–Crippen MR) is 68.6 cm³/mol. The van der Waals surface area contributed by atoms with E-state index in [1.807, 2.05) is 38.1 Å². The van der Waals surface area contributed by atoms with Gasteiger partial charge in [0.15, 0.2) is 0 Å². The predicted octanol–water partition coefficient (Wildman–Crippen LogP) is 2.85. The fraction of sp³-hybridized carbons (Fsp3) is 0.308. The Labute approximate surface area is 105 Å². The molecule has 0 bridgehead atoms. The summed E-state index contributed by atoms with van der Waals surface area (Å²) in [6.45, 7) is 3.87. The van der Waals surface area contributed by atoms with E-state index in [4.69, 9.17) is 4.74 Å². The van der Waals surface area contributed by atoms with E-state index in [0.717, 1.165) is 26.9 Å². The molecule has 1 atom stereocenters. The second kappa shape index (κ2) is 4.85. The summed E-state index contributed by atoms with van der Waals surface area (Å²) < 4.78 is 5.09. The highest BCUT2D eigenvalue weighted by Crippen LogP contribution is 2.30. The van der Waals surface area contributed by atoms with Crippen LogP contribution >= 0.6 is 11.3 Å². The first kappa shape index (κ1) is 12.1. The summed E-state index contributed by atoms with van der Waals surface area (Å²) in [6.07, 6.45) is -0.605. The Kier molecular flexibility index (Phi) is 3.45. The van der Waals surface area contributed by atoms with Crippen LogP contribution in [-0.4, -0.2) is 17.2 Å². The quantitative estimate of drug-likeness (QED) is 0.909. The molecule has 4 heteroatoms. The Balaban J connectivity index is 2.30. The highest BCUT2D eigenvalue weighted by atomic mass is 32.1. The van der Waals surface area contributed by atoms with E-state index in [2.05, 4.69) is 4.98 Å². The van der Waals surface area contributed by atoms with E-state index in [0.29, 0.717) is 0 Å². The van der Waals surface area contributed by atoms with Crippen LogP contribution in [0, 0.1) is 13.8 Å². The maximum atomic E-state index is 10.3. The molecule has 0 aliphatic carbocycles. The van der Waals surface area contributed by atoms with Gasteiger partial charge in [0.05, 0.1) is 22.7 Å². The van der Waals surface area contributed by atoms with Crippen molar-refractivity contribution < 1.29 is 9.84 Å². The summed E-state index contributed by atoms with van der Waals surface area (Å²) in [6, 6.07) is 7.44. The first-order chi connectivity index (χ1) is 8.11. The standard InChI is InChI=1S/C13H15NO2S/c1-8-13(17-9(2)14-8)12(15)10-4-6-11(16-3)7-5-10/h4-7,12,15H,1-3H3. The second-order valence-corrected chi connectivity index (χ2v) is 5.09. The smallest absolute Gasteiger partial charge is 0.118 e. The molecular weight excluding hydrogens is 234 g/mol. The minimum Gasteiger partial charge on any atom is -0.497 e. The molecular formula is C13H15NO2S. The Morgan fingerprint density at radius 2 is 1.88 bits per heavy atom. The third kappa shape index (κ3) is 2.48. The van der Waals surface area contributed by atoms with Crippen LogP contribution < -0.4 is 4.74 Å². The lowest BCUT2D eigenvalue weighted by Gasteiger charge is -2.10. The van der Waals surface area contributed by atoms with Gasteiger partial charge in [-0.05, 0) is 31.5 Å². The van der Waals surface area contributed by atoms with Crippen molar-refractivity contribution in [1.29, 1.82) is 0 Å². The maximum Gasteiger partial charge on any atom is 0.118 e. The maximum absolute atomic E-state index is 10.3. The number of aliphatic hydroxyl groups is 1. The number of rotatable bonds is 3. The van der Waals surface area contributed by atoms with E-state index >= 15 is 0 Å². The van der Waals surface area contributed by atoms with Gasteiger partial charge in [-0.2, -0.15) is 0 Å². The van der Waals surface area contributed by atoms with Gasteiger partial charge in [0, 0.05) is 0 Å². The Morgan fingerprint density at radius 3 is 2.35 bits per heavy atom. The summed E-state index contributed by atoms with van der Waals surface area (Å²) in [5.41, 5.74) is 1.76. The molecule has 2 rings (SSSR count). The summed E-state index contributed by atoms with van der Waals surface area (Å²) in [5.74, 6) is 0.790. The van der Waals surface area contributed by atoms with E-state index in [9.17, 15) is 5.11 Å². The number of aromatic nitrogens is 1. The Bertz CT molecular complexity index is 505.